The van der Waals surface area contributed by atoms with Crippen molar-refractivity contribution in [3.63, 3.8) is 0 Å². The lowest BCUT2D eigenvalue weighted by Gasteiger charge is -2.26. The van der Waals surface area contributed by atoms with Crippen LogP contribution in [0.1, 0.15) is 33.1 Å². The van der Waals surface area contributed by atoms with E-state index in [0.29, 0.717) is 10.6 Å². The largest absolute Gasteiger partial charge is 0.353 e. The lowest BCUT2D eigenvalue weighted by atomic mass is 9.82. The molecule has 0 saturated carbocycles. The SMILES string of the molecule is CCC1(CC)CCN(c2nsnc2Cl)C1. The molecule has 0 aliphatic carbocycles. The summed E-state index contributed by atoms with van der Waals surface area (Å²) in [6.45, 7) is 6.68. The first-order chi connectivity index (χ1) is 7.21. The molecule has 0 aromatic carbocycles. The van der Waals surface area contributed by atoms with Gasteiger partial charge in [0.15, 0.2) is 11.0 Å². The summed E-state index contributed by atoms with van der Waals surface area (Å²) in [4.78, 5) is 2.28. The van der Waals surface area contributed by atoms with Gasteiger partial charge >= 0.3 is 0 Å². The molecule has 1 aromatic heterocycles. The molecule has 1 fully saturated rings. The average Bonchev–Trinajstić information content (AvgIpc) is 2.84. The summed E-state index contributed by atoms with van der Waals surface area (Å²) in [6.07, 6.45) is 3.71. The highest BCUT2D eigenvalue weighted by Crippen LogP contribution is 2.39. The molecule has 5 heteroatoms. The highest BCUT2D eigenvalue weighted by molar-refractivity contribution is 6.99. The zero-order valence-corrected chi connectivity index (χ0v) is 10.7. The highest BCUT2D eigenvalue weighted by Gasteiger charge is 2.36. The van der Waals surface area contributed by atoms with Crippen molar-refractivity contribution in [2.24, 2.45) is 5.41 Å². The van der Waals surface area contributed by atoms with Gasteiger partial charge in [-0.25, -0.2) is 0 Å². The van der Waals surface area contributed by atoms with Crippen molar-refractivity contribution in [1.29, 1.82) is 0 Å². The molecule has 3 nitrogen and oxygen atoms in total. The Kier molecular flexibility index (Phi) is 3.16. The van der Waals surface area contributed by atoms with Crippen LogP contribution in [0.25, 0.3) is 0 Å². The molecule has 0 amide bonds. The van der Waals surface area contributed by atoms with E-state index in [9.17, 15) is 0 Å². The van der Waals surface area contributed by atoms with Crippen LogP contribution < -0.4 is 4.90 Å². The van der Waals surface area contributed by atoms with Gasteiger partial charge in [0.25, 0.3) is 0 Å². The van der Waals surface area contributed by atoms with Crippen LogP contribution in [0.15, 0.2) is 0 Å². The molecule has 0 atom stereocenters. The van der Waals surface area contributed by atoms with E-state index in [-0.39, 0.29) is 0 Å². The number of hydrogen-bond acceptors (Lipinski definition) is 4. The van der Waals surface area contributed by atoms with Gasteiger partial charge in [0.05, 0.1) is 11.7 Å². The van der Waals surface area contributed by atoms with Crippen molar-refractivity contribution in [1.82, 2.24) is 8.75 Å². The van der Waals surface area contributed by atoms with Gasteiger partial charge in [0.2, 0.25) is 0 Å². The fourth-order valence-electron chi connectivity index (χ4n) is 2.30. The normalized spacial score (nSPS) is 19.8. The van der Waals surface area contributed by atoms with Crippen LogP contribution in [0, 0.1) is 5.41 Å². The molecule has 0 radical (unpaired) electrons. The Bertz CT molecular complexity index is 335. The smallest absolute Gasteiger partial charge is 0.187 e. The summed E-state index contributed by atoms with van der Waals surface area (Å²) in [5.74, 6) is 0.880. The molecule has 0 unspecified atom stereocenters. The van der Waals surface area contributed by atoms with E-state index in [1.54, 1.807) is 0 Å². The fourth-order valence-corrected chi connectivity index (χ4v) is 3.08. The van der Waals surface area contributed by atoms with Gasteiger partial charge in [0.1, 0.15) is 0 Å². The topological polar surface area (TPSA) is 29.0 Å². The first-order valence-corrected chi connectivity index (χ1v) is 6.54. The van der Waals surface area contributed by atoms with Crippen molar-refractivity contribution >= 4 is 29.1 Å². The van der Waals surface area contributed by atoms with Gasteiger partial charge in [-0.2, -0.15) is 8.75 Å². The van der Waals surface area contributed by atoms with E-state index in [1.807, 2.05) is 0 Å². The maximum Gasteiger partial charge on any atom is 0.187 e. The zero-order valence-electron chi connectivity index (χ0n) is 9.16. The molecular weight excluding hydrogens is 230 g/mol. The number of halogens is 1. The van der Waals surface area contributed by atoms with Gasteiger partial charge in [0, 0.05) is 13.1 Å². The number of anilines is 1. The Morgan fingerprint density at radius 2 is 2.13 bits per heavy atom. The third-order valence-electron chi connectivity index (χ3n) is 3.67. The van der Waals surface area contributed by atoms with Crippen LogP contribution in [0.5, 0.6) is 0 Å². The molecule has 1 saturated heterocycles. The first-order valence-electron chi connectivity index (χ1n) is 5.44. The van der Waals surface area contributed by atoms with Crippen LogP contribution in [-0.2, 0) is 0 Å². The summed E-state index contributed by atoms with van der Waals surface area (Å²) >= 11 is 7.19. The van der Waals surface area contributed by atoms with Crippen LogP contribution in [0.4, 0.5) is 5.82 Å². The third kappa shape index (κ3) is 1.97. The molecule has 2 rings (SSSR count). The summed E-state index contributed by atoms with van der Waals surface area (Å²) in [5.41, 5.74) is 0.465. The maximum atomic E-state index is 5.99. The molecular formula is C10H16ClN3S. The number of aromatic nitrogens is 2. The van der Waals surface area contributed by atoms with E-state index in [0.717, 1.165) is 18.9 Å². The Morgan fingerprint density at radius 1 is 1.40 bits per heavy atom. The van der Waals surface area contributed by atoms with Gasteiger partial charge < -0.3 is 4.90 Å². The number of rotatable bonds is 3. The fraction of sp³-hybridized carbons (Fsp3) is 0.800. The molecule has 15 heavy (non-hydrogen) atoms. The molecule has 1 aliphatic heterocycles. The van der Waals surface area contributed by atoms with Crippen LogP contribution in [0.3, 0.4) is 0 Å². The number of nitrogens with zero attached hydrogens (tertiary/aromatic N) is 3. The second-order valence-corrected chi connectivity index (χ2v) is 5.14. The quantitative estimate of drug-likeness (QED) is 0.819. The monoisotopic (exact) mass is 245 g/mol. The Hall–Kier alpha value is -0.350. The third-order valence-corrected chi connectivity index (χ3v) is 4.54. The van der Waals surface area contributed by atoms with Crippen LogP contribution in [-0.4, -0.2) is 21.8 Å². The van der Waals surface area contributed by atoms with Crippen molar-refractivity contribution in [3.05, 3.63) is 5.15 Å². The Morgan fingerprint density at radius 3 is 2.60 bits per heavy atom. The zero-order chi connectivity index (χ0) is 10.9. The van der Waals surface area contributed by atoms with Gasteiger partial charge in [-0.1, -0.05) is 25.4 Å². The van der Waals surface area contributed by atoms with E-state index in [2.05, 4.69) is 27.5 Å². The minimum Gasteiger partial charge on any atom is -0.353 e. The summed E-state index contributed by atoms with van der Waals surface area (Å²) < 4.78 is 8.27. The van der Waals surface area contributed by atoms with Crippen molar-refractivity contribution < 1.29 is 0 Å². The lowest BCUT2D eigenvalue weighted by Crippen LogP contribution is -2.26. The second-order valence-electron chi connectivity index (χ2n) is 4.26. The van der Waals surface area contributed by atoms with Gasteiger partial charge in [-0.15, -0.1) is 0 Å². The van der Waals surface area contributed by atoms with E-state index in [1.165, 1.54) is 31.0 Å². The summed E-state index contributed by atoms with van der Waals surface area (Å²) in [6, 6.07) is 0. The molecule has 84 valence electrons. The first kappa shape index (κ1) is 11.1. The minimum absolute atomic E-state index is 0.465. The predicted octanol–water partition coefficient (Wildman–Crippen LogP) is 3.21. The van der Waals surface area contributed by atoms with Crippen molar-refractivity contribution in [2.75, 3.05) is 18.0 Å². The van der Waals surface area contributed by atoms with Gasteiger partial charge in [-0.3, -0.25) is 0 Å². The molecule has 2 heterocycles. The molecule has 0 spiro atoms. The maximum absolute atomic E-state index is 5.99. The summed E-state index contributed by atoms with van der Waals surface area (Å²) in [5, 5.41) is 0.558. The van der Waals surface area contributed by atoms with Crippen LogP contribution >= 0.6 is 23.3 Å². The van der Waals surface area contributed by atoms with E-state index in [4.69, 9.17) is 11.6 Å². The lowest BCUT2D eigenvalue weighted by molar-refractivity contribution is 0.301. The van der Waals surface area contributed by atoms with Crippen molar-refractivity contribution in [2.45, 2.75) is 33.1 Å². The molecule has 0 N–H and O–H groups in total. The minimum atomic E-state index is 0.465. The summed E-state index contributed by atoms with van der Waals surface area (Å²) in [7, 11) is 0. The highest BCUT2D eigenvalue weighted by atomic mass is 35.5. The van der Waals surface area contributed by atoms with Crippen LogP contribution in [0.2, 0.25) is 5.15 Å². The molecule has 1 aromatic rings. The standard InChI is InChI=1S/C10H16ClN3S/c1-3-10(4-2)5-6-14(7-10)9-8(11)12-15-13-9/h3-7H2,1-2H3. The van der Waals surface area contributed by atoms with E-state index < -0.39 is 0 Å². The number of hydrogen-bond donors (Lipinski definition) is 0. The van der Waals surface area contributed by atoms with E-state index >= 15 is 0 Å². The average molecular weight is 246 g/mol. The second kappa shape index (κ2) is 4.26. The molecule has 1 aliphatic rings. The Labute approximate surface area is 99.8 Å². The Balaban J connectivity index is 2.13. The van der Waals surface area contributed by atoms with Crippen molar-refractivity contribution in [3.8, 4) is 0 Å². The van der Waals surface area contributed by atoms with Gasteiger partial charge in [-0.05, 0) is 24.7 Å². The molecule has 0 bridgehead atoms. The predicted molar refractivity (Wildman–Crippen MR) is 64.8 cm³/mol.